The summed E-state index contributed by atoms with van der Waals surface area (Å²) in [5, 5.41) is 2.77. The van der Waals surface area contributed by atoms with Crippen molar-refractivity contribution in [3.63, 3.8) is 0 Å². The molecular weight excluding hydrogens is 192 g/mol. The Balaban J connectivity index is 2.01. The number of nitrogens with one attached hydrogen (secondary N) is 1. The van der Waals surface area contributed by atoms with Gasteiger partial charge < -0.3 is 15.0 Å². The van der Waals surface area contributed by atoms with Crippen LogP contribution in [0.3, 0.4) is 0 Å². The van der Waals surface area contributed by atoms with Crippen LogP contribution in [0.15, 0.2) is 24.3 Å². The van der Waals surface area contributed by atoms with Gasteiger partial charge in [0.25, 0.3) is 0 Å². The lowest BCUT2D eigenvalue weighted by molar-refractivity contribution is 0.215. The van der Waals surface area contributed by atoms with Gasteiger partial charge in [-0.2, -0.15) is 0 Å². The van der Waals surface area contributed by atoms with Crippen LogP contribution < -0.4 is 10.1 Å². The number of rotatable bonds is 3. The van der Waals surface area contributed by atoms with Crippen molar-refractivity contribution in [2.45, 2.75) is 6.54 Å². The number of urea groups is 1. The van der Waals surface area contributed by atoms with Crippen LogP contribution in [-0.2, 0) is 6.54 Å². The molecule has 0 aliphatic carbocycles. The quantitative estimate of drug-likeness (QED) is 0.808. The van der Waals surface area contributed by atoms with E-state index in [1.165, 1.54) is 0 Å². The topological polar surface area (TPSA) is 41.6 Å². The van der Waals surface area contributed by atoms with E-state index in [0.29, 0.717) is 6.54 Å². The highest BCUT2D eigenvalue weighted by atomic mass is 16.5. The molecule has 2 rings (SSSR count). The van der Waals surface area contributed by atoms with E-state index in [-0.39, 0.29) is 6.03 Å². The zero-order valence-electron chi connectivity index (χ0n) is 8.69. The number of ether oxygens (including phenoxy) is 1. The molecule has 0 radical (unpaired) electrons. The molecule has 0 saturated carbocycles. The molecular formula is C11H14N2O2. The highest BCUT2D eigenvalue weighted by Crippen LogP contribution is 2.13. The van der Waals surface area contributed by atoms with E-state index in [4.69, 9.17) is 4.74 Å². The van der Waals surface area contributed by atoms with Crippen LogP contribution in [-0.4, -0.2) is 31.1 Å². The first kappa shape index (κ1) is 9.83. The van der Waals surface area contributed by atoms with Gasteiger partial charge in [0, 0.05) is 19.6 Å². The van der Waals surface area contributed by atoms with Crippen LogP contribution in [0.25, 0.3) is 0 Å². The Morgan fingerprint density at radius 2 is 2.13 bits per heavy atom. The third kappa shape index (κ3) is 2.21. The molecule has 1 saturated heterocycles. The van der Waals surface area contributed by atoms with Crippen LogP contribution in [0.4, 0.5) is 4.79 Å². The molecule has 2 amide bonds. The van der Waals surface area contributed by atoms with E-state index in [9.17, 15) is 4.79 Å². The maximum absolute atomic E-state index is 11.3. The third-order valence-electron chi connectivity index (χ3n) is 2.48. The predicted molar refractivity (Wildman–Crippen MR) is 56.8 cm³/mol. The summed E-state index contributed by atoms with van der Waals surface area (Å²) in [7, 11) is 1.64. The molecule has 1 heterocycles. The summed E-state index contributed by atoms with van der Waals surface area (Å²) in [6.07, 6.45) is 0. The van der Waals surface area contributed by atoms with E-state index in [0.717, 1.165) is 24.4 Å². The van der Waals surface area contributed by atoms with Crippen molar-refractivity contribution in [2.75, 3.05) is 20.2 Å². The first-order chi connectivity index (χ1) is 7.29. The number of hydrogen-bond acceptors (Lipinski definition) is 2. The Hall–Kier alpha value is -1.71. The average Bonchev–Trinajstić information content (AvgIpc) is 2.66. The molecule has 0 unspecified atom stereocenters. The summed E-state index contributed by atoms with van der Waals surface area (Å²) in [5.41, 5.74) is 1.12. The summed E-state index contributed by atoms with van der Waals surface area (Å²) < 4.78 is 5.07. The minimum atomic E-state index is 0.0193. The summed E-state index contributed by atoms with van der Waals surface area (Å²) in [5.74, 6) is 0.838. The lowest BCUT2D eigenvalue weighted by atomic mass is 10.2. The fourth-order valence-corrected chi connectivity index (χ4v) is 1.61. The molecule has 1 N–H and O–H groups in total. The Bertz CT molecular complexity index is 348. The second-order valence-electron chi connectivity index (χ2n) is 3.50. The standard InChI is InChI=1S/C11H14N2O2/c1-15-10-4-2-9(3-5-10)8-13-7-6-12-11(13)14/h2-5H,6-8H2,1H3,(H,12,14). The summed E-state index contributed by atoms with van der Waals surface area (Å²) in [6, 6.07) is 7.78. The number of amides is 2. The average molecular weight is 206 g/mol. The van der Waals surface area contributed by atoms with Crippen molar-refractivity contribution in [2.24, 2.45) is 0 Å². The Labute approximate surface area is 88.8 Å². The zero-order valence-corrected chi connectivity index (χ0v) is 8.69. The van der Waals surface area contributed by atoms with Gasteiger partial charge in [0.15, 0.2) is 0 Å². The monoisotopic (exact) mass is 206 g/mol. The Morgan fingerprint density at radius 3 is 2.67 bits per heavy atom. The van der Waals surface area contributed by atoms with Crippen LogP contribution in [0.1, 0.15) is 5.56 Å². The molecule has 80 valence electrons. The Kier molecular flexibility index (Phi) is 2.76. The van der Waals surface area contributed by atoms with E-state index >= 15 is 0 Å². The van der Waals surface area contributed by atoms with Crippen LogP contribution in [0.2, 0.25) is 0 Å². The van der Waals surface area contributed by atoms with Gasteiger partial charge in [0.1, 0.15) is 5.75 Å². The molecule has 1 aliphatic heterocycles. The molecule has 1 aliphatic rings. The second-order valence-corrected chi connectivity index (χ2v) is 3.50. The smallest absolute Gasteiger partial charge is 0.317 e. The van der Waals surface area contributed by atoms with Gasteiger partial charge in [-0.3, -0.25) is 0 Å². The SMILES string of the molecule is COc1ccc(CN2CCNC2=O)cc1. The largest absolute Gasteiger partial charge is 0.497 e. The molecule has 1 aromatic carbocycles. The number of hydrogen-bond donors (Lipinski definition) is 1. The maximum Gasteiger partial charge on any atom is 0.317 e. The van der Waals surface area contributed by atoms with Crippen LogP contribution >= 0.6 is 0 Å². The highest BCUT2D eigenvalue weighted by molar-refractivity contribution is 5.76. The Morgan fingerprint density at radius 1 is 1.40 bits per heavy atom. The van der Waals surface area contributed by atoms with Crippen molar-refractivity contribution >= 4 is 6.03 Å². The summed E-state index contributed by atoms with van der Waals surface area (Å²) >= 11 is 0. The third-order valence-corrected chi connectivity index (χ3v) is 2.48. The van der Waals surface area contributed by atoms with Gasteiger partial charge in [-0.05, 0) is 17.7 Å². The van der Waals surface area contributed by atoms with Gasteiger partial charge in [-0.25, -0.2) is 4.79 Å². The number of nitrogens with zero attached hydrogens (tertiary/aromatic N) is 1. The molecule has 0 aromatic heterocycles. The fraction of sp³-hybridized carbons (Fsp3) is 0.364. The number of benzene rings is 1. The molecule has 4 heteroatoms. The molecule has 0 spiro atoms. The van der Waals surface area contributed by atoms with Crippen molar-refractivity contribution in [3.8, 4) is 5.75 Å². The van der Waals surface area contributed by atoms with Crippen LogP contribution in [0.5, 0.6) is 5.75 Å². The second kappa shape index (κ2) is 4.21. The zero-order chi connectivity index (χ0) is 10.7. The first-order valence-corrected chi connectivity index (χ1v) is 4.95. The van der Waals surface area contributed by atoms with Crippen molar-refractivity contribution in [1.82, 2.24) is 10.2 Å². The summed E-state index contributed by atoms with van der Waals surface area (Å²) in [6.45, 7) is 2.19. The lowest BCUT2D eigenvalue weighted by Gasteiger charge is -2.13. The number of carbonyl (C=O) groups excluding carboxylic acids is 1. The molecule has 1 aromatic rings. The maximum atomic E-state index is 11.3. The molecule has 0 bridgehead atoms. The number of carbonyl (C=O) groups is 1. The fourth-order valence-electron chi connectivity index (χ4n) is 1.61. The van der Waals surface area contributed by atoms with Gasteiger partial charge in [-0.15, -0.1) is 0 Å². The van der Waals surface area contributed by atoms with E-state index in [1.807, 2.05) is 24.3 Å². The predicted octanol–water partition coefficient (Wildman–Crippen LogP) is 1.22. The van der Waals surface area contributed by atoms with E-state index < -0.39 is 0 Å². The first-order valence-electron chi connectivity index (χ1n) is 4.95. The van der Waals surface area contributed by atoms with E-state index in [2.05, 4.69) is 5.32 Å². The molecule has 15 heavy (non-hydrogen) atoms. The normalized spacial score (nSPS) is 15.3. The molecule has 0 atom stereocenters. The van der Waals surface area contributed by atoms with Crippen LogP contribution in [0, 0.1) is 0 Å². The van der Waals surface area contributed by atoms with Crippen molar-refractivity contribution in [1.29, 1.82) is 0 Å². The van der Waals surface area contributed by atoms with Gasteiger partial charge in [0.2, 0.25) is 0 Å². The minimum Gasteiger partial charge on any atom is -0.497 e. The number of methoxy groups -OCH3 is 1. The molecule has 4 nitrogen and oxygen atoms in total. The van der Waals surface area contributed by atoms with Gasteiger partial charge in [0.05, 0.1) is 7.11 Å². The van der Waals surface area contributed by atoms with Gasteiger partial charge in [-0.1, -0.05) is 12.1 Å². The summed E-state index contributed by atoms with van der Waals surface area (Å²) in [4.78, 5) is 13.1. The molecule has 1 fully saturated rings. The van der Waals surface area contributed by atoms with Gasteiger partial charge >= 0.3 is 6.03 Å². The minimum absolute atomic E-state index is 0.0193. The van der Waals surface area contributed by atoms with Crippen molar-refractivity contribution in [3.05, 3.63) is 29.8 Å². The highest BCUT2D eigenvalue weighted by Gasteiger charge is 2.18. The van der Waals surface area contributed by atoms with E-state index in [1.54, 1.807) is 12.0 Å². The van der Waals surface area contributed by atoms with Crippen molar-refractivity contribution < 1.29 is 9.53 Å². The lowest BCUT2D eigenvalue weighted by Crippen LogP contribution is -2.27.